The molecule has 0 radical (unpaired) electrons. The fourth-order valence-corrected chi connectivity index (χ4v) is 7.24. The number of nitrogens with one attached hydrogen (secondary N) is 1. The van der Waals surface area contributed by atoms with Crippen LogP contribution in [-0.4, -0.2) is 140 Å². The molecule has 14 heteroatoms. The van der Waals surface area contributed by atoms with Gasteiger partial charge in [0.05, 0.1) is 32.0 Å². The van der Waals surface area contributed by atoms with Gasteiger partial charge >= 0.3 is 0 Å². The van der Waals surface area contributed by atoms with E-state index < -0.39 is 86.8 Å². The Morgan fingerprint density at radius 1 is 0.593 bits per heavy atom. The molecule has 14 nitrogen and oxygen atoms in total. The molecule has 12 unspecified atom stereocenters. The lowest BCUT2D eigenvalue weighted by atomic mass is 9.97. The summed E-state index contributed by atoms with van der Waals surface area (Å²) in [4.78, 5) is 13.1. The van der Waals surface area contributed by atoms with Gasteiger partial charge in [0.1, 0.15) is 48.8 Å². The quantitative estimate of drug-likeness (QED) is 0.0331. The lowest BCUT2D eigenvalue weighted by Gasteiger charge is -2.46. The number of hydrogen-bond acceptors (Lipinski definition) is 13. The maximum atomic E-state index is 13.1. The van der Waals surface area contributed by atoms with E-state index in [2.05, 4.69) is 43.5 Å². The molecule has 2 saturated heterocycles. The summed E-state index contributed by atoms with van der Waals surface area (Å²) in [6.45, 7) is 2.67. The molecule has 0 spiro atoms. The molecule has 2 aliphatic heterocycles. The van der Waals surface area contributed by atoms with E-state index in [1.54, 1.807) is 6.08 Å². The van der Waals surface area contributed by atoms with E-state index in [9.17, 15) is 45.6 Å². The van der Waals surface area contributed by atoms with E-state index in [1.807, 2.05) is 6.08 Å². The Bertz CT molecular complexity index is 1140. The number of aliphatic hydroxyl groups excluding tert-OH is 8. The molecule has 2 aliphatic rings. The lowest BCUT2D eigenvalue weighted by Crippen LogP contribution is -2.65. The first-order valence-corrected chi connectivity index (χ1v) is 22.7. The van der Waals surface area contributed by atoms with E-state index >= 15 is 0 Å². The standard InChI is InChI=1S/C45H81NO13/c1-3-5-7-9-11-13-14-15-16-17-18-19-21-23-25-27-29-37(50)46-33(34(49)28-26-24-22-20-12-10-8-6-4-2)32-56-44-42(55)40(53)43(36(31-48)58-44)59-45-41(54)39(52)38(51)35(30-47)57-45/h12,16-17,20,26,28,33-36,38-45,47-49,51-55H,3-11,13-15,18-19,21-25,27,29-32H2,1-2H3,(H,46,50)/b17-16-,20-12+,28-26+. The average molecular weight is 844 g/mol. The summed E-state index contributed by atoms with van der Waals surface area (Å²) in [7, 11) is 0. The van der Waals surface area contributed by atoms with Crippen LogP contribution in [0.4, 0.5) is 0 Å². The zero-order valence-electron chi connectivity index (χ0n) is 36.0. The van der Waals surface area contributed by atoms with Crippen molar-refractivity contribution in [2.45, 2.75) is 222 Å². The Morgan fingerprint density at radius 3 is 1.69 bits per heavy atom. The van der Waals surface area contributed by atoms with Gasteiger partial charge in [-0.25, -0.2) is 0 Å². The third-order valence-corrected chi connectivity index (χ3v) is 11.0. The topological polar surface area (TPSA) is 228 Å². The van der Waals surface area contributed by atoms with Crippen molar-refractivity contribution in [2.75, 3.05) is 19.8 Å². The first-order chi connectivity index (χ1) is 28.6. The van der Waals surface area contributed by atoms with E-state index in [4.69, 9.17) is 18.9 Å². The summed E-state index contributed by atoms with van der Waals surface area (Å²) in [6, 6.07) is -0.931. The molecule has 0 saturated carbocycles. The Morgan fingerprint density at radius 2 is 1.08 bits per heavy atom. The highest BCUT2D eigenvalue weighted by Crippen LogP contribution is 2.30. The Hall–Kier alpha value is -1.79. The Labute approximate surface area is 353 Å². The van der Waals surface area contributed by atoms with Crippen molar-refractivity contribution < 1.29 is 64.6 Å². The third-order valence-electron chi connectivity index (χ3n) is 11.0. The SMILES string of the molecule is CCCCC/C=C/CC/C=C/C(O)C(COC1OC(CO)C(OC2OC(CO)C(O)C(O)C2O)C(O)C1O)NC(=O)CCCCCCC/C=C\CCCCCCCCC. The minimum Gasteiger partial charge on any atom is -0.394 e. The maximum absolute atomic E-state index is 13.1. The number of carbonyl (C=O) groups is 1. The van der Waals surface area contributed by atoms with Gasteiger partial charge in [-0.2, -0.15) is 0 Å². The van der Waals surface area contributed by atoms with Crippen LogP contribution in [0.5, 0.6) is 0 Å². The van der Waals surface area contributed by atoms with Gasteiger partial charge in [-0.1, -0.05) is 121 Å². The Kier molecular flexibility index (Phi) is 29.7. The van der Waals surface area contributed by atoms with Gasteiger partial charge in [-0.05, 0) is 57.8 Å². The molecule has 0 aromatic rings. The average Bonchev–Trinajstić information content (AvgIpc) is 3.23. The third kappa shape index (κ3) is 21.2. The normalized spacial score (nSPS) is 28.8. The van der Waals surface area contributed by atoms with Crippen LogP contribution in [0.15, 0.2) is 36.5 Å². The molecule has 344 valence electrons. The maximum Gasteiger partial charge on any atom is 0.220 e. The zero-order chi connectivity index (χ0) is 43.3. The minimum atomic E-state index is -1.79. The van der Waals surface area contributed by atoms with Crippen molar-refractivity contribution in [3.05, 3.63) is 36.5 Å². The van der Waals surface area contributed by atoms with Crippen molar-refractivity contribution in [3.63, 3.8) is 0 Å². The highest BCUT2D eigenvalue weighted by molar-refractivity contribution is 5.76. The molecule has 0 aliphatic carbocycles. The fourth-order valence-electron chi connectivity index (χ4n) is 7.24. The highest BCUT2D eigenvalue weighted by atomic mass is 16.7. The molecule has 1 amide bonds. The largest absolute Gasteiger partial charge is 0.394 e. The summed E-state index contributed by atoms with van der Waals surface area (Å²) in [5, 5.41) is 86.3. The number of hydrogen-bond donors (Lipinski definition) is 9. The highest BCUT2D eigenvalue weighted by Gasteiger charge is 2.50. The van der Waals surface area contributed by atoms with Crippen molar-refractivity contribution in [1.82, 2.24) is 5.32 Å². The van der Waals surface area contributed by atoms with E-state index in [0.717, 1.165) is 57.8 Å². The summed E-state index contributed by atoms with van der Waals surface area (Å²) in [6.07, 6.45) is 17.8. The van der Waals surface area contributed by atoms with E-state index in [1.165, 1.54) is 57.8 Å². The number of aliphatic hydroxyl groups is 8. The Balaban J connectivity index is 1.88. The van der Waals surface area contributed by atoms with Crippen LogP contribution in [0.25, 0.3) is 0 Å². The first kappa shape index (κ1) is 53.3. The number of ether oxygens (including phenoxy) is 4. The summed E-state index contributed by atoms with van der Waals surface area (Å²) in [5.74, 6) is -0.263. The van der Waals surface area contributed by atoms with Crippen LogP contribution >= 0.6 is 0 Å². The van der Waals surface area contributed by atoms with Crippen LogP contribution in [0.1, 0.15) is 149 Å². The lowest BCUT2D eigenvalue weighted by molar-refractivity contribution is -0.359. The molecular weight excluding hydrogens is 762 g/mol. The van der Waals surface area contributed by atoms with Crippen LogP contribution in [0, 0.1) is 0 Å². The summed E-state index contributed by atoms with van der Waals surface area (Å²) < 4.78 is 22.6. The molecule has 9 N–H and O–H groups in total. The monoisotopic (exact) mass is 844 g/mol. The number of allylic oxidation sites excluding steroid dienone is 5. The van der Waals surface area contributed by atoms with Crippen LogP contribution in [-0.2, 0) is 23.7 Å². The number of amides is 1. The van der Waals surface area contributed by atoms with Gasteiger partial charge < -0.3 is 65.1 Å². The van der Waals surface area contributed by atoms with Gasteiger partial charge in [-0.15, -0.1) is 0 Å². The second-order valence-corrected chi connectivity index (χ2v) is 16.2. The summed E-state index contributed by atoms with van der Waals surface area (Å²) >= 11 is 0. The minimum absolute atomic E-state index is 0.263. The summed E-state index contributed by atoms with van der Waals surface area (Å²) in [5.41, 5.74) is 0. The molecule has 12 atom stereocenters. The number of carbonyl (C=O) groups excluding carboxylic acids is 1. The predicted molar refractivity (Wildman–Crippen MR) is 226 cm³/mol. The predicted octanol–water partition coefficient (Wildman–Crippen LogP) is 4.37. The second-order valence-electron chi connectivity index (χ2n) is 16.2. The molecule has 2 heterocycles. The molecule has 0 aromatic carbocycles. The van der Waals surface area contributed by atoms with Crippen molar-refractivity contribution in [3.8, 4) is 0 Å². The van der Waals surface area contributed by atoms with Crippen LogP contribution in [0.2, 0.25) is 0 Å². The molecule has 2 fully saturated rings. The van der Waals surface area contributed by atoms with E-state index in [-0.39, 0.29) is 18.9 Å². The van der Waals surface area contributed by atoms with Gasteiger partial charge in [0.15, 0.2) is 12.6 Å². The molecule has 0 bridgehead atoms. The molecule has 0 aromatic heterocycles. The van der Waals surface area contributed by atoms with Crippen LogP contribution < -0.4 is 5.32 Å². The van der Waals surface area contributed by atoms with Crippen LogP contribution in [0.3, 0.4) is 0 Å². The van der Waals surface area contributed by atoms with Gasteiger partial charge in [0.25, 0.3) is 0 Å². The number of unbranched alkanes of at least 4 members (excludes halogenated alkanes) is 16. The fraction of sp³-hybridized carbons (Fsp3) is 0.844. The van der Waals surface area contributed by atoms with Crippen molar-refractivity contribution >= 4 is 5.91 Å². The first-order valence-electron chi connectivity index (χ1n) is 22.7. The second kappa shape index (κ2) is 32.9. The van der Waals surface area contributed by atoms with Gasteiger partial charge in [0, 0.05) is 6.42 Å². The van der Waals surface area contributed by atoms with E-state index in [0.29, 0.717) is 12.8 Å². The number of rotatable bonds is 33. The van der Waals surface area contributed by atoms with Gasteiger partial charge in [0.2, 0.25) is 5.91 Å². The molecular formula is C45H81NO13. The molecule has 59 heavy (non-hydrogen) atoms. The van der Waals surface area contributed by atoms with Crippen molar-refractivity contribution in [2.24, 2.45) is 0 Å². The van der Waals surface area contributed by atoms with Crippen molar-refractivity contribution in [1.29, 1.82) is 0 Å². The molecule has 2 rings (SSSR count). The van der Waals surface area contributed by atoms with Gasteiger partial charge in [-0.3, -0.25) is 4.79 Å². The zero-order valence-corrected chi connectivity index (χ0v) is 36.0. The smallest absolute Gasteiger partial charge is 0.220 e.